The largest absolute Gasteiger partial charge is 0.348 e. The summed E-state index contributed by atoms with van der Waals surface area (Å²) in [6, 6.07) is 24.7. The lowest BCUT2D eigenvalue weighted by atomic mass is 10.1. The highest BCUT2D eigenvalue weighted by Crippen LogP contribution is 2.16. The van der Waals surface area contributed by atoms with E-state index in [-0.39, 0.29) is 17.8 Å². The van der Waals surface area contributed by atoms with Crippen LogP contribution in [0.1, 0.15) is 31.2 Å². The second-order valence-corrected chi connectivity index (χ2v) is 8.79. The SMILES string of the molecule is Cc1cccc(NC(=O)Nc2cccc(CNC(=O)c3ccc(NC(=O)c4cccs4)cc3)c2)c1. The van der Waals surface area contributed by atoms with E-state index < -0.39 is 0 Å². The second kappa shape index (κ2) is 11.1. The average molecular weight is 485 g/mol. The Morgan fingerprint density at radius 2 is 1.43 bits per heavy atom. The Labute approximate surface area is 207 Å². The number of aryl methyl sites for hydroxylation is 1. The van der Waals surface area contributed by atoms with E-state index in [0.717, 1.165) is 11.1 Å². The van der Waals surface area contributed by atoms with E-state index in [2.05, 4.69) is 21.3 Å². The van der Waals surface area contributed by atoms with Crippen molar-refractivity contribution in [2.24, 2.45) is 0 Å². The molecule has 4 rings (SSSR count). The monoisotopic (exact) mass is 484 g/mol. The van der Waals surface area contributed by atoms with Crippen molar-refractivity contribution in [3.8, 4) is 0 Å². The highest BCUT2D eigenvalue weighted by molar-refractivity contribution is 7.12. The topological polar surface area (TPSA) is 99.3 Å². The third kappa shape index (κ3) is 6.78. The van der Waals surface area contributed by atoms with Crippen molar-refractivity contribution in [3.05, 3.63) is 112 Å². The standard InChI is InChI=1S/C27H24N4O3S/c1-18-5-2-7-22(15-18)30-27(34)31-23-8-3-6-19(16-23)17-28-25(32)20-10-12-21(13-11-20)29-26(33)24-9-4-14-35-24/h2-16H,17H2,1H3,(H,28,32)(H,29,33)(H2,30,31,34). The molecule has 0 aliphatic rings. The van der Waals surface area contributed by atoms with Gasteiger partial charge in [0.15, 0.2) is 0 Å². The second-order valence-electron chi connectivity index (χ2n) is 7.84. The van der Waals surface area contributed by atoms with E-state index in [1.807, 2.05) is 54.8 Å². The molecule has 0 unspecified atom stereocenters. The number of hydrogen-bond donors (Lipinski definition) is 4. The summed E-state index contributed by atoms with van der Waals surface area (Å²) < 4.78 is 0. The minimum absolute atomic E-state index is 0.182. The van der Waals surface area contributed by atoms with Gasteiger partial charge in [-0.1, -0.05) is 30.3 Å². The predicted molar refractivity (Wildman–Crippen MR) is 140 cm³/mol. The van der Waals surface area contributed by atoms with Gasteiger partial charge in [0, 0.05) is 29.2 Å². The van der Waals surface area contributed by atoms with Crippen LogP contribution >= 0.6 is 11.3 Å². The molecule has 0 radical (unpaired) electrons. The van der Waals surface area contributed by atoms with Crippen LogP contribution in [0, 0.1) is 6.92 Å². The van der Waals surface area contributed by atoms with Crippen molar-refractivity contribution in [1.29, 1.82) is 0 Å². The van der Waals surface area contributed by atoms with Gasteiger partial charge >= 0.3 is 6.03 Å². The predicted octanol–water partition coefficient (Wildman–Crippen LogP) is 5.88. The summed E-state index contributed by atoms with van der Waals surface area (Å²) in [6.45, 7) is 2.25. The fourth-order valence-corrected chi connectivity index (χ4v) is 3.98. The van der Waals surface area contributed by atoms with Crippen LogP contribution in [0.15, 0.2) is 90.3 Å². The van der Waals surface area contributed by atoms with Crippen molar-refractivity contribution in [3.63, 3.8) is 0 Å². The van der Waals surface area contributed by atoms with E-state index in [1.165, 1.54) is 11.3 Å². The first-order chi connectivity index (χ1) is 17.0. The first-order valence-electron chi connectivity index (χ1n) is 10.9. The molecule has 4 amide bonds. The molecule has 1 aromatic heterocycles. The fourth-order valence-electron chi connectivity index (χ4n) is 3.37. The molecule has 0 atom stereocenters. The normalized spacial score (nSPS) is 10.3. The lowest BCUT2D eigenvalue weighted by molar-refractivity contribution is 0.0950. The van der Waals surface area contributed by atoms with Gasteiger partial charge in [-0.15, -0.1) is 11.3 Å². The van der Waals surface area contributed by atoms with Crippen LogP contribution in [0.5, 0.6) is 0 Å². The lowest BCUT2D eigenvalue weighted by Gasteiger charge is -2.10. The summed E-state index contributed by atoms with van der Waals surface area (Å²) in [4.78, 5) is 37.6. The molecule has 0 aliphatic heterocycles. The van der Waals surface area contributed by atoms with Gasteiger partial charge in [0.05, 0.1) is 4.88 Å². The third-order valence-electron chi connectivity index (χ3n) is 5.06. The average Bonchev–Trinajstić information content (AvgIpc) is 3.38. The molecule has 176 valence electrons. The summed E-state index contributed by atoms with van der Waals surface area (Å²) in [5, 5.41) is 13.1. The maximum absolute atomic E-state index is 12.6. The zero-order chi connectivity index (χ0) is 24.6. The van der Waals surface area contributed by atoms with Gasteiger partial charge < -0.3 is 21.3 Å². The van der Waals surface area contributed by atoms with Crippen molar-refractivity contribution in [2.45, 2.75) is 13.5 Å². The minimum atomic E-state index is -0.344. The Kier molecular flexibility index (Phi) is 7.54. The lowest BCUT2D eigenvalue weighted by Crippen LogP contribution is -2.23. The van der Waals surface area contributed by atoms with Gasteiger partial charge in [0.1, 0.15) is 0 Å². The maximum atomic E-state index is 12.6. The van der Waals surface area contributed by atoms with Crippen molar-refractivity contribution in [2.75, 3.05) is 16.0 Å². The molecule has 8 heteroatoms. The van der Waals surface area contributed by atoms with Crippen LogP contribution < -0.4 is 21.3 Å². The number of carbonyl (C=O) groups excluding carboxylic acids is 3. The zero-order valence-corrected chi connectivity index (χ0v) is 19.8. The van der Waals surface area contributed by atoms with E-state index in [9.17, 15) is 14.4 Å². The molecule has 0 saturated heterocycles. The fraction of sp³-hybridized carbons (Fsp3) is 0.0741. The number of amides is 4. The maximum Gasteiger partial charge on any atom is 0.323 e. The summed E-state index contributed by atoms with van der Waals surface area (Å²) in [6.07, 6.45) is 0. The van der Waals surface area contributed by atoms with Gasteiger partial charge in [-0.25, -0.2) is 4.79 Å². The quantitative estimate of drug-likeness (QED) is 0.263. The molecule has 4 aromatic rings. The number of rotatable bonds is 7. The van der Waals surface area contributed by atoms with Crippen molar-refractivity contribution < 1.29 is 14.4 Å². The number of thiophene rings is 1. The molecule has 0 fully saturated rings. The summed E-state index contributed by atoms with van der Waals surface area (Å²) in [5.74, 6) is -0.421. The van der Waals surface area contributed by atoms with Crippen LogP contribution in [0.4, 0.5) is 21.9 Å². The molecule has 1 heterocycles. The van der Waals surface area contributed by atoms with Crippen molar-refractivity contribution >= 4 is 46.2 Å². The summed E-state index contributed by atoms with van der Waals surface area (Å²) in [7, 11) is 0. The highest BCUT2D eigenvalue weighted by Gasteiger charge is 2.09. The van der Waals surface area contributed by atoms with E-state index >= 15 is 0 Å². The summed E-state index contributed by atoms with van der Waals surface area (Å²) in [5.41, 5.74) is 4.31. The molecule has 0 spiro atoms. The van der Waals surface area contributed by atoms with E-state index in [0.29, 0.717) is 34.0 Å². The number of benzene rings is 3. The molecule has 3 aromatic carbocycles. The van der Waals surface area contributed by atoms with Crippen LogP contribution in [0.3, 0.4) is 0 Å². The molecule has 7 nitrogen and oxygen atoms in total. The first kappa shape index (κ1) is 23.7. The number of nitrogens with one attached hydrogen (secondary N) is 4. The Balaban J connectivity index is 1.29. The zero-order valence-electron chi connectivity index (χ0n) is 19.0. The van der Waals surface area contributed by atoms with Gasteiger partial charge in [-0.05, 0) is 78.0 Å². The number of urea groups is 1. The van der Waals surface area contributed by atoms with Crippen LogP contribution in [-0.2, 0) is 6.54 Å². The molecule has 4 N–H and O–H groups in total. The Bertz CT molecular complexity index is 1330. The highest BCUT2D eigenvalue weighted by atomic mass is 32.1. The number of carbonyl (C=O) groups is 3. The Morgan fingerprint density at radius 3 is 2.11 bits per heavy atom. The minimum Gasteiger partial charge on any atom is -0.348 e. The van der Waals surface area contributed by atoms with Crippen LogP contribution in [0.25, 0.3) is 0 Å². The number of anilines is 3. The van der Waals surface area contributed by atoms with E-state index in [4.69, 9.17) is 0 Å². The molecule has 35 heavy (non-hydrogen) atoms. The smallest absolute Gasteiger partial charge is 0.323 e. The molecule has 0 saturated carbocycles. The van der Waals surface area contributed by atoms with Gasteiger partial charge in [0.2, 0.25) is 0 Å². The third-order valence-corrected chi connectivity index (χ3v) is 5.93. The summed E-state index contributed by atoms with van der Waals surface area (Å²) >= 11 is 1.36. The van der Waals surface area contributed by atoms with Gasteiger partial charge in [-0.3, -0.25) is 9.59 Å². The molecular formula is C27H24N4O3S. The molecule has 0 bridgehead atoms. The number of hydrogen-bond acceptors (Lipinski definition) is 4. The molecule has 0 aliphatic carbocycles. The van der Waals surface area contributed by atoms with E-state index in [1.54, 1.807) is 42.5 Å². The van der Waals surface area contributed by atoms with Crippen LogP contribution in [0.2, 0.25) is 0 Å². The molecular weight excluding hydrogens is 460 g/mol. The Morgan fingerprint density at radius 1 is 0.714 bits per heavy atom. The van der Waals surface area contributed by atoms with Gasteiger partial charge in [0.25, 0.3) is 11.8 Å². The Hall–Kier alpha value is -4.43. The van der Waals surface area contributed by atoms with Crippen LogP contribution in [-0.4, -0.2) is 17.8 Å². The first-order valence-corrected chi connectivity index (χ1v) is 11.8. The van der Waals surface area contributed by atoms with Gasteiger partial charge in [-0.2, -0.15) is 0 Å². The van der Waals surface area contributed by atoms with Crippen molar-refractivity contribution in [1.82, 2.24) is 5.32 Å².